The van der Waals surface area contributed by atoms with Gasteiger partial charge in [0.1, 0.15) is 0 Å². The van der Waals surface area contributed by atoms with Crippen LogP contribution in [0.5, 0.6) is 0 Å². The van der Waals surface area contributed by atoms with E-state index in [1.54, 1.807) is 6.08 Å². The van der Waals surface area contributed by atoms with Crippen LogP contribution in [0.2, 0.25) is 0 Å². The Morgan fingerprint density at radius 1 is 0.952 bits per heavy atom. The van der Waals surface area contributed by atoms with Crippen molar-refractivity contribution in [2.45, 2.75) is 25.7 Å². The molecule has 0 saturated carbocycles. The Morgan fingerprint density at radius 3 is 2.38 bits per heavy atom. The summed E-state index contributed by atoms with van der Waals surface area (Å²) in [7, 11) is 0. The van der Waals surface area contributed by atoms with Crippen molar-refractivity contribution >= 4 is 11.5 Å². The van der Waals surface area contributed by atoms with Crippen molar-refractivity contribution < 1.29 is 4.79 Å². The van der Waals surface area contributed by atoms with Crippen molar-refractivity contribution in [3.63, 3.8) is 0 Å². The van der Waals surface area contributed by atoms with Crippen LogP contribution < -0.4 is 5.32 Å². The van der Waals surface area contributed by atoms with Gasteiger partial charge in [-0.3, -0.25) is 9.78 Å². The van der Waals surface area contributed by atoms with E-state index in [4.69, 9.17) is 0 Å². The molecule has 1 N–H and O–H groups in total. The zero-order valence-corrected chi connectivity index (χ0v) is 11.9. The third-order valence-corrected chi connectivity index (χ3v) is 3.62. The van der Waals surface area contributed by atoms with Crippen LogP contribution in [-0.2, 0) is 11.2 Å². The average molecular weight is 278 g/mol. The number of carbonyl (C=O) groups is 1. The summed E-state index contributed by atoms with van der Waals surface area (Å²) in [6.07, 6.45) is 8.84. The van der Waals surface area contributed by atoms with Gasteiger partial charge in [-0.05, 0) is 54.7 Å². The Hall–Kier alpha value is -2.42. The molecular formula is C18H18N2O. The standard InChI is InChI=1S/C18H18N2O/c21-18-3-1-2-17(13-18)20-16-6-4-14(5-7-16)12-15-8-10-19-11-9-15/h4-11,13,20H,1-3,12H2. The van der Waals surface area contributed by atoms with Gasteiger partial charge in [0.25, 0.3) is 0 Å². The molecule has 1 aromatic heterocycles. The molecule has 3 rings (SSSR count). The average Bonchev–Trinajstić information content (AvgIpc) is 2.50. The Balaban J connectivity index is 1.65. The normalized spacial score (nSPS) is 14.7. The first-order chi connectivity index (χ1) is 10.3. The monoisotopic (exact) mass is 278 g/mol. The van der Waals surface area contributed by atoms with Gasteiger partial charge < -0.3 is 5.32 Å². The molecule has 21 heavy (non-hydrogen) atoms. The van der Waals surface area contributed by atoms with Gasteiger partial charge in [-0.1, -0.05) is 12.1 Å². The van der Waals surface area contributed by atoms with Crippen molar-refractivity contribution in [3.05, 3.63) is 71.7 Å². The second-order valence-corrected chi connectivity index (χ2v) is 5.34. The highest BCUT2D eigenvalue weighted by molar-refractivity contribution is 5.91. The molecule has 0 radical (unpaired) electrons. The zero-order valence-electron chi connectivity index (χ0n) is 11.9. The molecule has 0 fully saturated rings. The van der Waals surface area contributed by atoms with E-state index in [2.05, 4.69) is 34.6 Å². The van der Waals surface area contributed by atoms with E-state index in [0.717, 1.165) is 30.6 Å². The Morgan fingerprint density at radius 2 is 1.67 bits per heavy atom. The van der Waals surface area contributed by atoms with Crippen molar-refractivity contribution in [3.8, 4) is 0 Å². The predicted octanol–water partition coefficient (Wildman–Crippen LogP) is 3.72. The minimum absolute atomic E-state index is 0.220. The molecule has 3 heteroatoms. The number of aromatic nitrogens is 1. The molecule has 3 nitrogen and oxygen atoms in total. The number of rotatable bonds is 4. The van der Waals surface area contributed by atoms with E-state index >= 15 is 0 Å². The van der Waals surface area contributed by atoms with E-state index in [0.29, 0.717) is 6.42 Å². The summed E-state index contributed by atoms with van der Waals surface area (Å²) >= 11 is 0. The molecule has 0 unspecified atom stereocenters. The van der Waals surface area contributed by atoms with Crippen LogP contribution in [0.15, 0.2) is 60.6 Å². The van der Waals surface area contributed by atoms with Crippen molar-refractivity contribution in [1.29, 1.82) is 0 Å². The lowest BCUT2D eigenvalue weighted by Crippen LogP contribution is -2.09. The van der Waals surface area contributed by atoms with Gasteiger partial charge in [-0.15, -0.1) is 0 Å². The van der Waals surface area contributed by atoms with Gasteiger partial charge in [-0.25, -0.2) is 0 Å². The Kier molecular flexibility index (Phi) is 4.10. The Bertz CT molecular complexity index is 645. The van der Waals surface area contributed by atoms with E-state index in [-0.39, 0.29) is 5.78 Å². The molecule has 1 aromatic carbocycles. The van der Waals surface area contributed by atoms with Gasteiger partial charge in [0, 0.05) is 36.3 Å². The molecule has 0 atom stereocenters. The number of nitrogens with zero attached hydrogens (tertiary/aromatic N) is 1. The quantitative estimate of drug-likeness (QED) is 0.926. The number of benzene rings is 1. The topological polar surface area (TPSA) is 42.0 Å². The summed E-state index contributed by atoms with van der Waals surface area (Å²) in [5, 5.41) is 3.33. The number of nitrogens with one attached hydrogen (secondary N) is 1. The minimum atomic E-state index is 0.220. The lowest BCUT2D eigenvalue weighted by Gasteiger charge is -2.14. The van der Waals surface area contributed by atoms with Crippen molar-refractivity contribution in [2.24, 2.45) is 0 Å². The number of anilines is 1. The highest BCUT2D eigenvalue weighted by Gasteiger charge is 2.09. The smallest absolute Gasteiger partial charge is 0.157 e. The third-order valence-electron chi connectivity index (χ3n) is 3.62. The second kappa shape index (κ2) is 6.35. The second-order valence-electron chi connectivity index (χ2n) is 5.34. The first-order valence-corrected chi connectivity index (χ1v) is 7.28. The van der Waals surface area contributed by atoms with Crippen molar-refractivity contribution in [1.82, 2.24) is 4.98 Å². The molecule has 106 valence electrons. The fourth-order valence-corrected chi connectivity index (χ4v) is 2.52. The summed E-state index contributed by atoms with van der Waals surface area (Å²) in [6, 6.07) is 12.4. The van der Waals surface area contributed by atoms with E-state index in [1.165, 1.54) is 11.1 Å². The number of pyridine rings is 1. The fraction of sp³-hybridized carbons (Fsp3) is 0.222. The van der Waals surface area contributed by atoms with Gasteiger partial charge in [-0.2, -0.15) is 0 Å². The molecule has 1 heterocycles. The highest BCUT2D eigenvalue weighted by Crippen LogP contribution is 2.19. The number of allylic oxidation sites excluding steroid dienone is 2. The first kappa shape index (κ1) is 13.6. The summed E-state index contributed by atoms with van der Waals surface area (Å²) < 4.78 is 0. The first-order valence-electron chi connectivity index (χ1n) is 7.28. The van der Waals surface area contributed by atoms with E-state index in [1.807, 2.05) is 24.5 Å². The van der Waals surface area contributed by atoms with Gasteiger partial charge >= 0.3 is 0 Å². The molecule has 0 amide bonds. The summed E-state index contributed by atoms with van der Waals surface area (Å²) in [5.74, 6) is 0.220. The number of hydrogen-bond donors (Lipinski definition) is 1. The SMILES string of the molecule is O=C1C=C(Nc2ccc(Cc3ccncc3)cc2)CCC1. The lowest BCUT2D eigenvalue weighted by atomic mass is 10.0. The van der Waals surface area contributed by atoms with Crippen LogP contribution >= 0.6 is 0 Å². The zero-order chi connectivity index (χ0) is 14.5. The number of carbonyl (C=O) groups excluding carboxylic acids is 1. The summed E-state index contributed by atoms with van der Waals surface area (Å²) in [5.41, 5.74) is 4.58. The van der Waals surface area contributed by atoms with Crippen LogP contribution in [0.25, 0.3) is 0 Å². The summed E-state index contributed by atoms with van der Waals surface area (Å²) in [4.78, 5) is 15.4. The predicted molar refractivity (Wildman–Crippen MR) is 84.0 cm³/mol. The van der Waals surface area contributed by atoms with Crippen LogP contribution in [0, 0.1) is 0 Å². The molecule has 1 aliphatic carbocycles. The maximum absolute atomic E-state index is 11.4. The van der Waals surface area contributed by atoms with Crippen LogP contribution in [0.1, 0.15) is 30.4 Å². The number of hydrogen-bond acceptors (Lipinski definition) is 3. The summed E-state index contributed by atoms with van der Waals surface area (Å²) in [6.45, 7) is 0. The molecular weight excluding hydrogens is 260 g/mol. The molecule has 0 saturated heterocycles. The van der Waals surface area contributed by atoms with Gasteiger partial charge in [0.15, 0.2) is 5.78 Å². The maximum atomic E-state index is 11.4. The van der Waals surface area contributed by atoms with E-state index in [9.17, 15) is 4.79 Å². The van der Waals surface area contributed by atoms with Crippen LogP contribution in [0.4, 0.5) is 5.69 Å². The van der Waals surface area contributed by atoms with Crippen LogP contribution in [-0.4, -0.2) is 10.8 Å². The lowest BCUT2D eigenvalue weighted by molar-refractivity contribution is -0.115. The molecule has 2 aromatic rings. The largest absolute Gasteiger partial charge is 0.359 e. The van der Waals surface area contributed by atoms with Crippen molar-refractivity contribution in [2.75, 3.05) is 5.32 Å². The van der Waals surface area contributed by atoms with Crippen LogP contribution in [0.3, 0.4) is 0 Å². The molecule has 0 aliphatic heterocycles. The number of ketones is 1. The van der Waals surface area contributed by atoms with Gasteiger partial charge in [0.2, 0.25) is 0 Å². The highest BCUT2D eigenvalue weighted by atomic mass is 16.1. The molecule has 0 spiro atoms. The third kappa shape index (κ3) is 3.78. The molecule has 1 aliphatic rings. The Labute approximate surface area is 124 Å². The van der Waals surface area contributed by atoms with E-state index < -0.39 is 0 Å². The molecule has 0 bridgehead atoms. The fourth-order valence-electron chi connectivity index (χ4n) is 2.52. The van der Waals surface area contributed by atoms with Gasteiger partial charge in [0.05, 0.1) is 0 Å². The maximum Gasteiger partial charge on any atom is 0.157 e. The minimum Gasteiger partial charge on any atom is -0.359 e.